The number of Topliss-reactive ketones (excluding diaryl/α,β-unsaturated/α-hetero) is 1. The van der Waals surface area contributed by atoms with E-state index in [1.165, 1.54) is 0 Å². The molecule has 0 aromatic heterocycles. The lowest BCUT2D eigenvalue weighted by Gasteiger charge is -2.44. The van der Waals surface area contributed by atoms with Crippen LogP contribution < -0.4 is 0 Å². The smallest absolute Gasteiger partial charge is 0.138 e. The summed E-state index contributed by atoms with van der Waals surface area (Å²) in [7, 11) is 0. The molecule has 3 aliphatic heterocycles. The second-order valence-electron chi connectivity index (χ2n) is 6.09. The lowest BCUT2D eigenvalue weighted by molar-refractivity contribution is -0.131. The number of piperidine rings is 1. The number of nitrogens with zero attached hydrogens (tertiary/aromatic N) is 1. The number of hydrogen-bond acceptors (Lipinski definition) is 4. The zero-order chi connectivity index (χ0) is 12.6. The Kier molecular flexibility index (Phi) is 3.43. The molecule has 4 nitrogen and oxygen atoms in total. The Hall–Kier alpha value is -0.450. The minimum Gasteiger partial charge on any atom is -0.378 e. The molecule has 0 bridgehead atoms. The van der Waals surface area contributed by atoms with Crippen molar-refractivity contribution in [1.82, 2.24) is 4.90 Å². The summed E-state index contributed by atoms with van der Waals surface area (Å²) < 4.78 is 11.5. The standard InChI is InChI=1S/C14H23NO3/c1-11-9-15(5-2-13(11)16)12-3-6-18-14(8-12)4-7-17-10-14/h11-12H,2-10H2,1H3. The molecule has 1 spiro atoms. The van der Waals surface area contributed by atoms with E-state index < -0.39 is 0 Å². The third-order valence-electron chi connectivity index (χ3n) is 4.75. The summed E-state index contributed by atoms with van der Waals surface area (Å²) in [6.07, 6.45) is 3.93. The monoisotopic (exact) mass is 253 g/mol. The molecule has 18 heavy (non-hydrogen) atoms. The quantitative estimate of drug-likeness (QED) is 0.704. The van der Waals surface area contributed by atoms with Crippen LogP contribution in [0.4, 0.5) is 0 Å². The van der Waals surface area contributed by atoms with Crippen molar-refractivity contribution in [2.75, 3.05) is 32.9 Å². The van der Waals surface area contributed by atoms with Crippen molar-refractivity contribution in [1.29, 1.82) is 0 Å². The molecule has 0 saturated carbocycles. The van der Waals surface area contributed by atoms with Crippen LogP contribution in [0, 0.1) is 5.92 Å². The molecule has 3 aliphatic rings. The summed E-state index contributed by atoms with van der Waals surface area (Å²) in [6, 6.07) is 0.580. The minimum absolute atomic E-state index is 0.0202. The van der Waals surface area contributed by atoms with Crippen molar-refractivity contribution < 1.29 is 14.3 Å². The highest BCUT2D eigenvalue weighted by atomic mass is 16.6. The number of ketones is 1. The van der Waals surface area contributed by atoms with E-state index in [2.05, 4.69) is 11.8 Å². The van der Waals surface area contributed by atoms with Crippen LogP contribution in [0.5, 0.6) is 0 Å². The first-order valence-corrected chi connectivity index (χ1v) is 7.17. The van der Waals surface area contributed by atoms with Crippen LogP contribution in [0.1, 0.15) is 32.6 Å². The van der Waals surface area contributed by atoms with Gasteiger partial charge >= 0.3 is 0 Å². The minimum atomic E-state index is -0.0202. The maximum Gasteiger partial charge on any atom is 0.138 e. The van der Waals surface area contributed by atoms with Crippen molar-refractivity contribution in [2.24, 2.45) is 5.92 Å². The summed E-state index contributed by atoms with van der Waals surface area (Å²) in [5.74, 6) is 0.634. The lowest BCUT2D eigenvalue weighted by Crippen LogP contribution is -2.52. The van der Waals surface area contributed by atoms with Crippen molar-refractivity contribution in [2.45, 2.75) is 44.2 Å². The van der Waals surface area contributed by atoms with E-state index in [9.17, 15) is 4.79 Å². The van der Waals surface area contributed by atoms with E-state index in [4.69, 9.17) is 9.47 Å². The number of carbonyl (C=O) groups is 1. The van der Waals surface area contributed by atoms with Gasteiger partial charge in [0.2, 0.25) is 0 Å². The first kappa shape index (κ1) is 12.6. The van der Waals surface area contributed by atoms with Crippen LogP contribution in [0.2, 0.25) is 0 Å². The van der Waals surface area contributed by atoms with E-state index in [1.54, 1.807) is 0 Å². The average Bonchev–Trinajstić information content (AvgIpc) is 2.81. The van der Waals surface area contributed by atoms with Gasteiger partial charge in [0.15, 0.2) is 0 Å². The molecule has 3 unspecified atom stereocenters. The van der Waals surface area contributed by atoms with Crippen LogP contribution >= 0.6 is 0 Å². The Bertz CT molecular complexity index is 325. The van der Waals surface area contributed by atoms with Gasteiger partial charge in [0, 0.05) is 51.1 Å². The van der Waals surface area contributed by atoms with Gasteiger partial charge in [-0.05, 0) is 12.8 Å². The highest BCUT2D eigenvalue weighted by Crippen LogP contribution is 2.35. The number of ether oxygens (including phenoxy) is 2. The molecule has 3 fully saturated rings. The van der Waals surface area contributed by atoms with Crippen LogP contribution in [-0.2, 0) is 14.3 Å². The molecule has 3 atom stereocenters. The van der Waals surface area contributed by atoms with E-state index in [1.807, 2.05) is 0 Å². The van der Waals surface area contributed by atoms with Gasteiger partial charge in [-0.25, -0.2) is 0 Å². The molecule has 3 heterocycles. The van der Waals surface area contributed by atoms with Crippen molar-refractivity contribution >= 4 is 5.78 Å². The summed E-state index contributed by atoms with van der Waals surface area (Å²) in [6.45, 7) is 6.35. The maximum absolute atomic E-state index is 11.6. The SMILES string of the molecule is CC1CN(C2CCOC3(CCOC3)C2)CCC1=O. The van der Waals surface area contributed by atoms with Crippen molar-refractivity contribution in [3.05, 3.63) is 0 Å². The van der Waals surface area contributed by atoms with Gasteiger partial charge in [0.25, 0.3) is 0 Å². The number of likely N-dealkylation sites (tertiary alicyclic amines) is 1. The second-order valence-corrected chi connectivity index (χ2v) is 6.09. The zero-order valence-electron chi connectivity index (χ0n) is 11.2. The Morgan fingerprint density at radius 3 is 3.00 bits per heavy atom. The summed E-state index contributed by atoms with van der Waals surface area (Å²) in [5.41, 5.74) is -0.0202. The van der Waals surface area contributed by atoms with Crippen LogP contribution in [-0.4, -0.2) is 55.2 Å². The Morgan fingerprint density at radius 2 is 2.28 bits per heavy atom. The Labute approximate surface area is 109 Å². The molecule has 0 radical (unpaired) electrons. The van der Waals surface area contributed by atoms with E-state index in [0.29, 0.717) is 11.8 Å². The molecule has 0 N–H and O–H groups in total. The van der Waals surface area contributed by atoms with Crippen molar-refractivity contribution in [3.63, 3.8) is 0 Å². The summed E-state index contributed by atoms with van der Waals surface area (Å²) in [5, 5.41) is 0. The fourth-order valence-corrected chi connectivity index (χ4v) is 3.55. The maximum atomic E-state index is 11.6. The molecule has 0 amide bonds. The molecule has 0 aromatic rings. The Balaban J connectivity index is 1.63. The second kappa shape index (κ2) is 4.91. The molecule has 3 saturated heterocycles. The molecule has 4 heteroatoms. The molecule has 3 rings (SSSR count). The predicted octanol–water partition coefficient (Wildman–Crippen LogP) is 1.24. The predicted molar refractivity (Wildman–Crippen MR) is 67.5 cm³/mol. The van der Waals surface area contributed by atoms with E-state index >= 15 is 0 Å². The molecular weight excluding hydrogens is 230 g/mol. The van der Waals surface area contributed by atoms with Crippen LogP contribution in [0.15, 0.2) is 0 Å². The number of hydrogen-bond donors (Lipinski definition) is 0. The van der Waals surface area contributed by atoms with Gasteiger partial charge in [-0.3, -0.25) is 9.69 Å². The van der Waals surface area contributed by atoms with Gasteiger partial charge in [-0.1, -0.05) is 6.92 Å². The summed E-state index contributed by atoms with van der Waals surface area (Å²) >= 11 is 0. The molecule has 0 aliphatic carbocycles. The first-order valence-electron chi connectivity index (χ1n) is 7.17. The molecule has 102 valence electrons. The Morgan fingerprint density at radius 1 is 1.39 bits per heavy atom. The summed E-state index contributed by atoms with van der Waals surface area (Å²) in [4.78, 5) is 14.1. The van der Waals surface area contributed by atoms with Gasteiger partial charge in [-0.15, -0.1) is 0 Å². The third kappa shape index (κ3) is 2.33. The first-order chi connectivity index (χ1) is 8.69. The van der Waals surface area contributed by atoms with Gasteiger partial charge < -0.3 is 9.47 Å². The fourth-order valence-electron chi connectivity index (χ4n) is 3.55. The number of rotatable bonds is 1. The lowest BCUT2D eigenvalue weighted by atomic mass is 9.87. The van der Waals surface area contributed by atoms with Gasteiger partial charge in [0.1, 0.15) is 5.78 Å². The van der Waals surface area contributed by atoms with E-state index in [-0.39, 0.29) is 11.5 Å². The van der Waals surface area contributed by atoms with E-state index in [0.717, 1.165) is 58.6 Å². The topological polar surface area (TPSA) is 38.8 Å². The van der Waals surface area contributed by atoms with Gasteiger partial charge in [0.05, 0.1) is 12.2 Å². The normalized spacial score (nSPS) is 42.6. The fraction of sp³-hybridized carbons (Fsp3) is 0.929. The van der Waals surface area contributed by atoms with Gasteiger partial charge in [-0.2, -0.15) is 0 Å². The average molecular weight is 253 g/mol. The molecule has 0 aromatic carbocycles. The zero-order valence-corrected chi connectivity index (χ0v) is 11.2. The van der Waals surface area contributed by atoms with Crippen molar-refractivity contribution in [3.8, 4) is 0 Å². The van der Waals surface area contributed by atoms with Crippen LogP contribution in [0.3, 0.4) is 0 Å². The largest absolute Gasteiger partial charge is 0.378 e. The number of carbonyl (C=O) groups excluding carboxylic acids is 1. The molecular formula is C14H23NO3. The highest BCUT2D eigenvalue weighted by molar-refractivity contribution is 5.81. The van der Waals surface area contributed by atoms with Crippen LogP contribution in [0.25, 0.3) is 0 Å². The highest BCUT2D eigenvalue weighted by Gasteiger charge is 2.43. The third-order valence-corrected chi connectivity index (χ3v) is 4.75.